The van der Waals surface area contributed by atoms with Crippen molar-refractivity contribution >= 4 is 18.1 Å². The van der Waals surface area contributed by atoms with Crippen molar-refractivity contribution in [3.05, 3.63) is 64.7 Å². The van der Waals surface area contributed by atoms with Gasteiger partial charge >= 0.3 is 6.03 Å². The van der Waals surface area contributed by atoms with Gasteiger partial charge in [-0.1, -0.05) is 0 Å². The Morgan fingerprint density at radius 3 is 2.62 bits per heavy atom. The molecule has 1 saturated heterocycles. The zero-order chi connectivity index (χ0) is 27.3. The predicted molar refractivity (Wildman–Crippen MR) is 136 cm³/mol. The number of benzene rings is 1. The second-order valence-electron chi connectivity index (χ2n) is 9.63. The smallest absolute Gasteiger partial charge is 0.341 e. The highest BCUT2D eigenvalue weighted by atomic mass is 19.1. The maximum absolute atomic E-state index is 14.6. The summed E-state index contributed by atoms with van der Waals surface area (Å²) in [4.78, 5) is 23.2. The molecule has 1 fully saturated rings. The predicted octanol–water partition coefficient (Wildman–Crippen LogP) is 3.17. The number of aliphatic imine (C=N–C) groups is 1. The molecule has 13 heteroatoms. The van der Waals surface area contributed by atoms with Crippen molar-refractivity contribution < 1.29 is 22.7 Å². The Morgan fingerprint density at radius 1 is 1.13 bits per heavy atom. The number of ether oxygens (including phenoxy) is 1. The molecule has 39 heavy (non-hydrogen) atoms. The number of amides is 2. The molecule has 2 aromatic heterocycles. The number of aromatic nitrogens is 3. The Morgan fingerprint density at radius 2 is 1.90 bits per heavy atom. The molecule has 3 aromatic rings. The maximum atomic E-state index is 14.6. The van der Waals surface area contributed by atoms with Crippen molar-refractivity contribution in [2.24, 2.45) is 17.1 Å². The van der Waals surface area contributed by atoms with Crippen LogP contribution in [0.3, 0.4) is 0 Å². The van der Waals surface area contributed by atoms with Crippen LogP contribution in [-0.4, -0.2) is 75.0 Å². The van der Waals surface area contributed by atoms with Gasteiger partial charge in [-0.25, -0.2) is 23.0 Å². The first-order valence-electron chi connectivity index (χ1n) is 12.5. The summed E-state index contributed by atoms with van der Waals surface area (Å²) >= 11 is 0. The van der Waals surface area contributed by atoms with Gasteiger partial charge < -0.3 is 15.0 Å². The van der Waals surface area contributed by atoms with Gasteiger partial charge in [0.25, 0.3) is 0 Å². The van der Waals surface area contributed by atoms with Crippen molar-refractivity contribution in [2.75, 3.05) is 26.2 Å². The first-order valence-corrected chi connectivity index (χ1v) is 12.5. The number of aryl methyl sites for hydroxylation is 1. The fourth-order valence-electron chi connectivity index (χ4n) is 5.04. The van der Waals surface area contributed by atoms with E-state index in [0.717, 1.165) is 35.9 Å². The molecular weight excluding hydrogens is 513 g/mol. The van der Waals surface area contributed by atoms with Crippen LogP contribution in [0.15, 0.2) is 40.6 Å². The Hall–Kier alpha value is -4.42. The molecule has 0 spiro atoms. The van der Waals surface area contributed by atoms with Crippen molar-refractivity contribution in [1.29, 1.82) is 0 Å². The fourth-order valence-corrected chi connectivity index (χ4v) is 5.04. The van der Waals surface area contributed by atoms with Crippen molar-refractivity contribution in [3.8, 4) is 17.1 Å². The normalized spacial score (nSPS) is 18.8. The van der Waals surface area contributed by atoms with E-state index in [2.05, 4.69) is 25.5 Å². The molecule has 202 valence electrons. The van der Waals surface area contributed by atoms with Crippen LogP contribution < -0.4 is 10.1 Å². The van der Waals surface area contributed by atoms with Crippen LogP contribution in [-0.2, 0) is 7.05 Å². The van der Waals surface area contributed by atoms with E-state index >= 15 is 0 Å². The van der Waals surface area contributed by atoms with Crippen molar-refractivity contribution in [1.82, 2.24) is 30.0 Å². The van der Waals surface area contributed by atoms with Gasteiger partial charge in [-0.2, -0.15) is 10.2 Å². The number of amidine groups is 1. The Bertz CT molecular complexity index is 1490. The number of halogens is 3. The molecule has 0 radical (unpaired) electrons. The lowest BCUT2D eigenvalue weighted by atomic mass is 10.0. The summed E-state index contributed by atoms with van der Waals surface area (Å²) in [6, 6.07) is 3.63. The van der Waals surface area contributed by atoms with Crippen molar-refractivity contribution in [3.63, 3.8) is 0 Å². The van der Waals surface area contributed by atoms with Crippen LogP contribution in [0.2, 0.25) is 0 Å². The van der Waals surface area contributed by atoms with E-state index in [0.29, 0.717) is 29.9 Å². The van der Waals surface area contributed by atoms with Crippen LogP contribution in [0.5, 0.6) is 5.75 Å². The van der Waals surface area contributed by atoms with Gasteiger partial charge in [0.2, 0.25) is 0 Å². The van der Waals surface area contributed by atoms with Gasteiger partial charge in [0, 0.05) is 43.9 Å². The van der Waals surface area contributed by atoms with Gasteiger partial charge in [-0.15, -0.1) is 0 Å². The number of urea groups is 1. The number of pyridine rings is 1. The summed E-state index contributed by atoms with van der Waals surface area (Å²) in [7, 11) is 1.81. The number of carbonyl (C=O) groups is 1. The van der Waals surface area contributed by atoms with E-state index in [9.17, 15) is 18.0 Å². The summed E-state index contributed by atoms with van der Waals surface area (Å²) in [5.74, 6) is -1.30. The standard InChI is InChI=1S/C26H25F3N8O2/c1-14-23(34-35(2)24(14)25-30-5-6-31-25)20-10-22(19(29)11-32-20)39-18-12-36(13-18)26(38)37-21(3-4-33-37)15-7-16(27)9-17(28)8-15/h4,7-11,18,21H,3,5-6,12-13H2,1-2H3,(H,30,31). The number of nitrogens with zero attached hydrogens (tertiary/aromatic N) is 7. The van der Waals surface area contributed by atoms with Crippen LogP contribution in [0, 0.1) is 24.4 Å². The number of hydrogen-bond donors (Lipinski definition) is 1. The average Bonchev–Trinajstić information content (AvgIpc) is 3.62. The van der Waals surface area contributed by atoms with Crippen LogP contribution in [0.1, 0.15) is 29.3 Å². The van der Waals surface area contributed by atoms with Gasteiger partial charge in [-0.05, 0) is 24.6 Å². The summed E-state index contributed by atoms with van der Waals surface area (Å²) in [5, 5.41) is 13.1. The van der Waals surface area contributed by atoms with E-state index in [1.165, 1.54) is 34.3 Å². The highest BCUT2D eigenvalue weighted by molar-refractivity contribution is 6.00. The molecule has 0 bridgehead atoms. The second kappa shape index (κ2) is 9.71. The summed E-state index contributed by atoms with van der Waals surface area (Å²) < 4.78 is 49.7. The quantitative estimate of drug-likeness (QED) is 0.538. The van der Waals surface area contributed by atoms with Gasteiger partial charge in [0.15, 0.2) is 11.6 Å². The highest BCUT2D eigenvalue weighted by Gasteiger charge is 2.39. The number of hydrazone groups is 1. The largest absolute Gasteiger partial charge is 0.483 e. The van der Waals surface area contributed by atoms with Gasteiger partial charge in [0.05, 0.1) is 37.6 Å². The lowest BCUT2D eigenvalue weighted by Gasteiger charge is -2.41. The van der Waals surface area contributed by atoms with Crippen LogP contribution >= 0.6 is 0 Å². The molecule has 1 aromatic carbocycles. The lowest BCUT2D eigenvalue weighted by Crippen LogP contribution is -2.58. The minimum absolute atomic E-state index is 0.00680. The van der Waals surface area contributed by atoms with E-state index in [-0.39, 0.29) is 18.8 Å². The molecule has 2 amide bonds. The van der Waals surface area contributed by atoms with Crippen LogP contribution in [0.4, 0.5) is 18.0 Å². The molecule has 6 rings (SSSR count). The van der Waals surface area contributed by atoms with E-state index < -0.39 is 35.6 Å². The number of carbonyl (C=O) groups excluding carboxylic acids is 1. The molecule has 0 saturated carbocycles. The molecule has 1 N–H and O–H groups in total. The molecule has 0 aliphatic carbocycles. The third-order valence-corrected chi connectivity index (χ3v) is 6.95. The maximum Gasteiger partial charge on any atom is 0.341 e. The first kappa shape index (κ1) is 24.9. The Balaban J connectivity index is 1.13. The zero-order valence-electron chi connectivity index (χ0n) is 21.2. The first-order chi connectivity index (χ1) is 18.8. The third-order valence-electron chi connectivity index (χ3n) is 6.95. The third kappa shape index (κ3) is 4.57. The van der Waals surface area contributed by atoms with E-state index in [1.807, 2.05) is 14.0 Å². The number of likely N-dealkylation sites (tertiary alicyclic amines) is 1. The molecule has 3 aliphatic heterocycles. The minimum Gasteiger partial charge on any atom is -0.483 e. The molecule has 5 heterocycles. The van der Waals surface area contributed by atoms with E-state index in [1.54, 1.807) is 4.68 Å². The Labute approximate surface area is 221 Å². The summed E-state index contributed by atoms with van der Waals surface area (Å²) in [6.45, 7) is 3.76. The van der Waals surface area contributed by atoms with Gasteiger partial charge in [0.1, 0.15) is 35.0 Å². The van der Waals surface area contributed by atoms with Gasteiger partial charge in [-0.3, -0.25) is 14.7 Å². The zero-order valence-corrected chi connectivity index (χ0v) is 21.2. The molecule has 10 nitrogen and oxygen atoms in total. The number of hydrogen-bond acceptors (Lipinski definition) is 7. The second-order valence-corrected chi connectivity index (χ2v) is 9.63. The monoisotopic (exact) mass is 538 g/mol. The molecular formula is C26H25F3N8O2. The molecule has 1 atom stereocenters. The Kier molecular flexibility index (Phi) is 6.20. The van der Waals surface area contributed by atoms with E-state index in [4.69, 9.17) is 4.74 Å². The van der Waals surface area contributed by atoms with Crippen LogP contribution in [0.25, 0.3) is 11.4 Å². The molecule has 1 unspecified atom stereocenters. The topological polar surface area (TPSA) is 100 Å². The SMILES string of the molecule is Cc1c(-c2cc(OC3CN(C(=O)N4N=CCC4c4cc(F)cc(F)c4)C3)c(F)cn2)nn(C)c1C1=NCCN1. The lowest BCUT2D eigenvalue weighted by molar-refractivity contribution is 0.0256. The average molecular weight is 539 g/mol. The molecule has 3 aliphatic rings. The van der Waals surface area contributed by atoms with Crippen molar-refractivity contribution in [2.45, 2.75) is 25.5 Å². The fraction of sp³-hybridized carbons (Fsp3) is 0.346. The highest BCUT2D eigenvalue weighted by Crippen LogP contribution is 2.33. The summed E-state index contributed by atoms with van der Waals surface area (Å²) in [6.07, 6.45) is 2.51. The number of rotatable bonds is 5. The number of nitrogens with one attached hydrogen (secondary N) is 1. The minimum atomic E-state index is -0.721. The summed E-state index contributed by atoms with van der Waals surface area (Å²) in [5.41, 5.74) is 3.06.